The minimum Gasteiger partial charge on any atom is -0.352 e. The third-order valence-electron chi connectivity index (χ3n) is 2.08. The molecule has 0 spiro atoms. The summed E-state index contributed by atoms with van der Waals surface area (Å²) in [5.74, 6) is -0.802. The van der Waals surface area contributed by atoms with Crippen molar-refractivity contribution in [2.24, 2.45) is 5.73 Å². The number of carbonyl (C=O) groups is 2. The van der Waals surface area contributed by atoms with Crippen molar-refractivity contribution in [2.75, 3.05) is 6.61 Å². The van der Waals surface area contributed by atoms with Gasteiger partial charge in [0.1, 0.15) is 0 Å². The number of hydroxylamine groups is 1. The summed E-state index contributed by atoms with van der Waals surface area (Å²) >= 11 is 0. The second kappa shape index (κ2) is 6.75. The Labute approximate surface area is 112 Å². The normalized spacial score (nSPS) is 10.9. The lowest BCUT2D eigenvalue weighted by atomic mass is 10.1. The van der Waals surface area contributed by atoms with Crippen LogP contribution in [0.3, 0.4) is 0 Å². The average molecular weight is 291 g/mol. The third-order valence-corrected chi connectivity index (χ3v) is 2.08. The van der Waals surface area contributed by atoms with Crippen LogP contribution in [0, 0.1) is 0 Å². The molecule has 6 nitrogen and oxygen atoms in total. The summed E-state index contributed by atoms with van der Waals surface area (Å²) in [6.45, 7) is -1.39. The minimum absolute atomic E-state index is 0.120. The second-order valence-electron chi connectivity index (χ2n) is 3.75. The number of nitrogens with two attached hydrogens (primary N) is 1. The molecule has 0 saturated carbocycles. The Kier molecular flexibility index (Phi) is 5.32. The molecule has 0 heterocycles. The van der Waals surface area contributed by atoms with Crippen molar-refractivity contribution >= 4 is 11.9 Å². The Bertz CT molecular complexity index is 474. The van der Waals surface area contributed by atoms with E-state index in [1.165, 1.54) is 24.3 Å². The van der Waals surface area contributed by atoms with Gasteiger partial charge in [-0.05, 0) is 17.7 Å². The van der Waals surface area contributed by atoms with Crippen molar-refractivity contribution in [2.45, 2.75) is 12.7 Å². The van der Waals surface area contributed by atoms with Gasteiger partial charge in [-0.3, -0.25) is 9.63 Å². The van der Waals surface area contributed by atoms with Gasteiger partial charge in [-0.15, -0.1) is 0 Å². The van der Waals surface area contributed by atoms with Gasteiger partial charge >= 0.3 is 12.2 Å². The van der Waals surface area contributed by atoms with Gasteiger partial charge in [0, 0.05) is 12.1 Å². The maximum absolute atomic E-state index is 11.8. The number of primary amides is 1. The SMILES string of the molecule is NC(=O)NCc1ccc(C(=O)NOCC(F)(F)F)cc1. The maximum Gasteiger partial charge on any atom is 0.414 e. The van der Waals surface area contributed by atoms with Crippen LogP contribution in [0.5, 0.6) is 0 Å². The summed E-state index contributed by atoms with van der Waals surface area (Å²) < 4.78 is 35.4. The van der Waals surface area contributed by atoms with Gasteiger partial charge in [-0.2, -0.15) is 13.2 Å². The van der Waals surface area contributed by atoms with Crippen LogP contribution in [0.2, 0.25) is 0 Å². The van der Waals surface area contributed by atoms with E-state index in [1.807, 2.05) is 0 Å². The van der Waals surface area contributed by atoms with Gasteiger partial charge in [0.05, 0.1) is 0 Å². The van der Waals surface area contributed by atoms with Crippen molar-refractivity contribution in [3.63, 3.8) is 0 Å². The lowest BCUT2D eigenvalue weighted by Gasteiger charge is -2.08. The first kappa shape index (κ1) is 15.8. The monoisotopic (exact) mass is 291 g/mol. The van der Waals surface area contributed by atoms with Gasteiger partial charge in [-0.1, -0.05) is 12.1 Å². The largest absolute Gasteiger partial charge is 0.414 e. The molecule has 0 atom stereocenters. The van der Waals surface area contributed by atoms with Crippen molar-refractivity contribution in [3.05, 3.63) is 35.4 Å². The van der Waals surface area contributed by atoms with Crippen LogP contribution >= 0.6 is 0 Å². The first-order valence-electron chi connectivity index (χ1n) is 5.39. The molecule has 0 bridgehead atoms. The summed E-state index contributed by atoms with van der Waals surface area (Å²) in [5, 5.41) is 2.35. The van der Waals surface area contributed by atoms with E-state index < -0.39 is 24.7 Å². The van der Waals surface area contributed by atoms with E-state index in [0.29, 0.717) is 5.56 Å². The lowest BCUT2D eigenvalue weighted by Crippen LogP contribution is -2.30. The van der Waals surface area contributed by atoms with Crippen molar-refractivity contribution in [1.82, 2.24) is 10.8 Å². The summed E-state index contributed by atoms with van der Waals surface area (Å²) in [5.41, 5.74) is 7.36. The van der Waals surface area contributed by atoms with Crippen LogP contribution in [-0.2, 0) is 11.4 Å². The number of hydrogen-bond donors (Lipinski definition) is 3. The average Bonchev–Trinajstić information content (AvgIpc) is 2.35. The molecule has 0 saturated heterocycles. The van der Waals surface area contributed by atoms with Gasteiger partial charge in [-0.25, -0.2) is 10.3 Å². The topological polar surface area (TPSA) is 93.5 Å². The number of carbonyl (C=O) groups excluding carboxylic acids is 2. The fourth-order valence-electron chi connectivity index (χ4n) is 1.21. The molecule has 0 aliphatic heterocycles. The van der Waals surface area contributed by atoms with Crippen molar-refractivity contribution in [1.29, 1.82) is 0 Å². The number of rotatable bonds is 5. The number of benzene rings is 1. The van der Waals surface area contributed by atoms with Gasteiger partial charge in [0.2, 0.25) is 0 Å². The molecular formula is C11H12F3N3O3. The quantitative estimate of drug-likeness (QED) is 0.709. The third kappa shape index (κ3) is 6.05. The molecule has 9 heteroatoms. The van der Waals surface area contributed by atoms with E-state index in [2.05, 4.69) is 10.2 Å². The first-order valence-corrected chi connectivity index (χ1v) is 5.39. The molecule has 1 rings (SSSR count). The molecule has 1 aromatic rings. The highest BCUT2D eigenvalue weighted by atomic mass is 19.4. The zero-order valence-electron chi connectivity index (χ0n) is 10.2. The highest BCUT2D eigenvalue weighted by Crippen LogP contribution is 2.13. The van der Waals surface area contributed by atoms with E-state index >= 15 is 0 Å². The molecule has 3 amide bonds. The molecule has 0 fully saturated rings. The Morgan fingerprint density at radius 3 is 2.30 bits per heavy atom. The highest BCUT2D eigenvalue weighted by Gasteiger charge is 2.28. The number of alkyl halides is 3. The van der Waals surface area contributed by atoms with Crippen LogP contribution in [0.1, 0.15) is 15.9 Å². The number of nitrogens with one attached hydrogen (secondary N) is 2. The van der Waals surface area contributed by atoms with Crippen LogP contribution < -0.4 is 16.5 Å². The zero-order chi connectivity index (χ0) is 15.2. The predicted molar refractivity (Wildman–Crippen MR) is 62.3 cm³/mol. The van der Waals surface area contributed by atoms with Gasteiger partial charge in [0.15, 0.2) is 6.61 Å². The molecule has 0 unspecified atom stereocenters. The van der Waals surface area contributed by atoms with Crippen LogP contribution in [0.15, 0.2) is 24.3 Å². The minimum atomic E-state index is -4.52. The molecule has 4 N–H and O–H groups in total. The molecule has 20 heavy (non-hydrogen) atoms. The summed E-state index contributed by atoms with van der Waals surface area (Å²) in [6.07, 6.45) is -4.52. The number of hydrogen-bond acceptors (Lipinski definition) is 3. The summed E-state index contributed by atoms with van der Waals surface area (Å²) in [4.78, 5) is 25.9. The number of urea groups is 1. The molecule has 0 radical (unpaired) electrons. The van der Waals surface area contributed by atoms with E-state index in [0.717, 1.165) is 0 Å². The standard InChI is InChI=1S/C11H12F3N3O3/c12-11(13,14)6-20-17-9(18)8-3-1-7(2-4-8)5-16-10(15)19/h1-4H,5-6H2,(H,17,18)(H3,15,16,19). The summed E-state index contributed by atoms with van der Waals surface area (Å²) in [6, 6.07) is 5.12. The van der Waals surface area contributed by atoms with E-state index in [-0.39, 0.29) is 12.1 Å². The molecule has 0 aromatic heterocycles. The summed E-state index contributed by atoms with van der Waals surface area (Å²) in [7, 11) is 0. The first-order chi connectivity index (χ1) is 9.28. The number of halogens is 3. The Hall–Kier alpha value is -2.29. The van der Waals surface area contributed by atoms with Gasteiger partial charge in [0.25, 0.3) is 5.91 Å². The van der Waals surface area contributed by atoms with Crippen LogP contribution in [-0.4, -0.2) is 24.7 Å². The molecule has 0 aliphatic carbocycles. The lowest BCUT2D eigenvalue weighted by molar-refractivity contribution is -0.184. The molecule has 1 aromatic carbocycles. The molecule has 110 valence electrons. The van der Waals surface area contributed by atoms with Crippen molar-refractivity contribution < 1.29 is 27.6 Å². The highest BCUT2D eigenvalue weighted by molar-refractivity contribution is 5.93. The van der Waals surface area contributed by atoms with E-state index in [4.69, 9.17) is 5.73 Å². The zero-order valence-corrected chi connectivity index (χ0v) is 10.2. The fourth-order valence-corrected chi connectivity index (χ4v) is 1.21. The second-order valence-corrected chi connectivity index (χ2v) is 3.75. The predicted octanol–water partition coefficient (Wildman–Crippen LogP) is 1.08. The fraction of sp³-hybridized carbons (Fsp3) is 0.273. The van der Waals surface area contributed by atoms with E-state index in [9.17, 15) is 22.8 Å². The van der Waals surface area contributed by atoms with Crippen LogP contribution in [0.25, 0.3) is 0 Å². The number of amides is 3. The smallest absolute Gasteiger partial charge is 0.352 e. The Morgan fingerprint density at radius 2 is 1.80 bits per heavy atom. The van der Waals surface area contributed by atoms with E-state index in [1.54, 1.807) is 5.48 Å². The van der Waals surface area contributed by atoms with Gasteiger partial charge < -0.3 is 11.1 Å². The Balaban J connectivity index is 2.47. The Morgan fingerprint density at radius 1 is 1.20 bits per heavy atom. The van der Waals surface area contributed by atoms with Crippen molar-refractivity contribution in [3.8, 4) is 0 Å². The maximum atomic E-state index is 11.8. The molecule has 0 aliphatic rings. The molecular weight excluding hydrogens is 279 g/mol. The van der Waals surface area contributed by atoms with Crippen LogP contribution in [0.4, 0.5) is 18.0 Å².